The van der Waals surface area contributed by atoms with E-state index in [-0.39, 0.29) is 5.91 Å². The normalized spacial score (nSPS) is 13.4. The third-order valence-corrected chi connectivity index (χ3v) is 5.25. The Morgan fingerprint density at radius 2 is 1.62 bits per heavy atom. The van der Waals surface area contributed by atoms with Crippen molar-refractivity contribution in [2.75, 3.05) is 4.90 Å². The van der Waals surface area contributed by atoms with E-state index < -0.39 is 0 Å². The lowest BCUT2D eigenvalue weighted by molar-refractivity contribution is -0.116. The number of carbonyl (C=O) groups is 1. The number of nitrogens with zero attached hydrogens (tertiary/aromatic N) is 1. The molecule has 26 heavy (non-hydrogen) atoms. The summed E-state index contributed by atoms with van der Waals surface area (Å²) < 4.78 is 0. The molecule has 4 rings (SSSR count). The number of amides is 1. The Balaban J connectivity index is 1.77. The van der Waals surface area contributed by atoms with Gasteiger partial charge in [0.25, 0.3) is 0 Å². The first-order chi connectivity index (χ1) is 12.6. The smallest absolute Gasteiger partial charge is 0.224 e. The van der Waals surface area contributed by atoms with Gasteiger partial charge in [0.2, 0.25) is 5.91 Å². The maximum atomic E-state index is 12.3. The first-order valence-corrected chi connectivity index (χ1v) is 9.23. The molecule has 0 saturated heterocycles. The van der Waals surface area contributed by atoms with Crippen LogP contribution in [0.3, 0.4) is 0 Å². The molecule has 0 radical (unpaired) electrons. The Morgan fingerprint density at radius 1 is 0.846 bits per heavy atom. The third kappa shape index (κ3) is 3.25. The van der Waals surface area contributed by atoms with E-state index in [1.807, 2.05) is 29.2 Å². The Hall–Kier alpha value is -2.58. The number of halogens is 1. The summed E-state index contributed by atoms with van der Waals surface area (Å²) in [5, 5.41) is 0.714. The largest absolute Gasteiger partial charge is 0.308 e. The Bertz CT molecular complexity index is 965. The van der Waals surface area contributed by atoms with Gasteiger partial charge in [0.05, 0.1) is 6.54 Å². The molecule has 0 atom stereocenters. The number of hydrogen-bond acceptors (Lipinski definition) is 1. The molecule has 0 aromatic heterocycles. The first kappa shape index (κ1) is 16.9. The number of fused-ring (bicyclic) bond motifs is 2. The van der Waals surface area contributed by atoms with Gasteiger partial charge in [-0.3, -0.25) is 4.79 Å². The minimum atomic E-state index is 0.0496. The highest BCUT2D eigenvalue weighted by Gasteiger charge is 2.21. The van der Waals surface area contributed by atoms with Gasteiger partial charge < -0.3 is 4.90 Å². The summed E-state index contributed by atoms with van der Waals surface area (Å²) in [5.41, 5.74) is 7.03. The molecule has 1 heterocycles. The molecule has 0 N–H and O–H groups in total. The summed E-state index contributed by atoms with van der Waals surface area (Å²) in [6.07, 6.45) is 1.81. The quantitative estimate of drug-likeness (QED) is 0.547. The SMILES string of the molecule is CC(=O)N1Cc2ccc(-c3ccccc3)cc2CCc2cc(Cl)ccc21. The zero-order chi connectivity index (χ0) is 18.1. The number of rotatable bonds is 1. The van der Waals surface area contributed by atoms with Crippen molar-refractivity contribution < 1.29 is 4.79 Å². The predicted octanol–water partition coefficient (Wildman–Crippen LogP) is 5.66. The molecular weight excluding hydrogens is 342 g/mol. The maximum Gasteiger partial charge on any atom is 0.224 e. The van der Waals surface area contributed by atoms with Gasteiger partial charge in [0.15, 0.2) is 0 Å². The highest BCUT2D eigenvalue weighted by atomic mass is 35.5. The van der Waals surface area contributed by atoms with Gasteiger partial charge in [-0.25, -0.2) is 0 Å². The molecule has 3 heteroatoms. The van der Waals surface area contributed by atoms with Crippen molar-refractivity contribution in [1.29, 1.82) is 0 Å². The van der Waals surface area contributed by atoms with Crippen LogP contribution in [0.4, 0.5) is 5.69 Å². The Labute approximate surface area is 159 Å². The molecule has 2 nitrogen and oxygen atoms in total. The van der Waals surface area contributed by atoms with Crippen LogP contribution >= 0.6 is 11.6 Å². The fourth-order valence-corrected chi connectivity index (χ4v) is 3.84. The van der Waals surface area contributed by atoms with Crippen LogP contribution in [-0.4, -0.2) is 5.91 Å². The van der Waals surface area contributed by atoms with Crippen molar-refractivity contribution in [3.05, 3.63) is 88.4 Å². The predicted molar refractivity (Wildman–Crippen MR) is 108 cm³/mol. The number of anilines is 1. The molecule has 3 aromatic carbocycles. The molecule has 0 bridgehead atoms. The van der Waals surface area contributed by atoms with Crippen molar-refractivity contribution in [3.63, 3.8) is 0 Å². The number of hydrogen-bond donors (Lipinski definition) is 0. The zero-order valence-electron chi connectivity index (χ0n) is 14.7. The van der Waals surface area contributed by atoms with Crippen LogP contribution in [0.1, 0.15) is 23.6 Å². The van der Waals surface area contributed by atoms with E-state index in [0.717, 1.165) is 24.1 Å². The van der Waals surface area contributed by atoms with E-state index in [4.69, 9.17) is 11.6 Å². The topological polar surface area (TPSA) is 20.3 Å². The van der Waals surface area contributed by atoms with Crippen LogP contribution in [-0.2, 0) is 24.2 Å². The standard InChI is InChI=1S/C23H20ClNO/c1-16(26)25-15-21-10-8-18(17-5-3-2-4-6-17)13-19(21)7-9-20-14-22(24)11-12-23(20)25/h2-6,8,10-14H,7,9,15H2,1H3. The van der Waals surface area contributed by atoms with E-state index in [1.54, 1.807) is 6.92 Å². The van der Waals surface area contributed by atoms with Gasteiger partial charge in [0, 0.05) is 17.6 Å². The van der Waals surface area contributed by atoms with Gasteiger partial charge in [-0.1, -0.05) is 60.1 Å². The van der Waals surface area contributed by atoms with Crippen molar-refractivity contribution in [2.45, 2.75) is 26.3 Å². The molecule has 3 aromatic rings. The minimum absolute atomic E-state index is 0.0496. The second kappa shape index (κ2) is 6.97. The van der Waals surface area contributed by atoms with E-state index in [9.17, 15) is 4.79 Å². The van der Waals surface area contributed by atoms with Crippen LogP contribution in [0.25, 0.3) is 11.1 Å². The Kier molecular flexibility index (Phi) is 4.52. The van der Waals surface area contributed by atoms with Crippen molar-refractivity contribution in [2.24, 2.45) is 0 Å². The fraction of sp³-hybridized carbons (Fsp3) is 0.174. The number of benzene rings is 3. The second-order valence-electron chi connectivity index (χ2n) is 6.73. The molecule has 0 saturated carbocycles. The van der Waals surface area contributed by atoms with Crippen LogP contribution in [0.5, 0.6) is 0 Å². The second-order valence-corrected chi connectivity index (χ2v) is 7.16. The van der Waals surface area contributed by atoms with Crippen LogP contribution in [0.15, 0.2) is 66.7 Å². The zero-order valence-corrected chi connectivity index (χ0v) is 15.5. The van der Waals surface area contributed by atoms with Crippen molar-refractivity contribution in [3.8, 4) is 11.1 Å². The highest BCUT2D eigenvalue weighted by Crippen LogP contribution is 2.32. The average Bonchev–Trinajstić information content (AvgIpc) is 2.64. The van der Waals surface area contributed by atoms with Crippen LogP contribution in [0, 0.1) is 0 Å². The summed E-state index contributed by atoms with van der Waals surface area (Å²) in [4.78, 5) is 14.2. The number of aryl methyl sites for hydroxylation is 2. The number of carbonyl (C=O) groups excluding carboxylic acids is 1. The molecule has 0 fully saturated rings. The van der Waals surface area contributed by atoms with Crippen LogP contribution < -0.4 is 4.90 Å². The molecule has 0 aliphatic carbocycles. The maximum absolute atomic E-state index is 12.3. The fourth-order valence-electron chi connectivity index (χ4n) is 3.65. The molecule has 1 aliphatic heterocycles. The van der Waals surface area contributed by atoms with E-state index in [0.29, 0.717) is 11.6 Å². The summed E-state index contributed by atoms with van der Waals surface area (Å²) in [7, 11) is 0. The average molecular weight is 362 g/mol. The summed E-state index contributed by atoms with van der Waals surface area (Å²) in [5.74, 6) is 0.0496. The van der Waals surface area contributed by atoms with E-state index in [1.165, 1.54) is 22.3 Å². The van der Waals surface area contributed by atoms with E-state index >= 15 is 0 Å². The Morgan fingerprint density at radius 3 is 2.38 bits per heavy atom. The van der Waals surface area contributed by atoms with Crippen molar-refractivity contribution in [1.82, 2.24) is 0 Å². The van der Waals surface area contributed by atoms with Gasteiger partial charge in [0.1, 0.15) is 0 Å². The molecule has 1 aliphatic rings. The highest BCUT2D eigenvalue weighted by molar-refractivity contribution is 6.30. The van der Waals surface area contributed by atoms with E-state index in [2.05, 4.69) is 42.5 Å². The third-order valence-electron chi connectivity index (χ3n) is 5.02. The lowest BCUT2D eigenvalue weighted by Crippen LogP contribution is -2.30. The van der Waals surface area contributed by atoms with Crippen molar-refractivity contribution >= 4 is 23.2 Å². The molecule has 0 spiro atoms. The monoisotopic (exact) mass is 361 g/mol. The molecular formula is C23H20ClNO. The molecule has 1 amide bonds. The van der Waals surface area contributed by atoms with Gasteiger partial charge in [-0.05, 0) is 58.9 Å². The summed E-state index contributed by atoms with van der Waals surface area (Å²) >= 11 is 6.20. The molecule has 130 valence electrons. The summed E-state index contributed by atoms with van der Waals surface area (Å²) in [6, 6.07) is 22.8. The minimum Gasteiger partial charge on any atom is -0.308 e. The van der Waals surface area contributed by atoms with Gasteiger partial charge in [-0.2, -0.15) is 0 Å². The lowest BCUT2D eigenvalue weighted by Gasteiger charge is -2.28. The van der Waals surface area contributed by atoms with Crippen LogP contribution in [0.2, 0.25) is 5.02 Å². The lowest BCUT2D eigenvalue weighted by atomic mass is 9.92. The van der Waals surface area contributed by atoms with Gasteiger partial charge in [-0.15, -0.1) is 0 Å². The molecule has 0 unspecified atom stereocenters. The summed E-state index contributed by atoms with van der Waals surface area (Å²) in [6.45, 7) is 2.21. The first-order valence-electron chi connectivity index (χ1n) is 8.85. The van der Waals surface area contributed by atoms with Gasteiger partial charge >= 0.3 is 0 Å².